The van der Waals surface area contributed by atoms with Crippen LogP contribution in [0, 0.1) is 0 Å². The van der Waals surface area contributed by atoms with Gasteiger partial charge in [0, 0.05) is 31.6 Å². The number of para-hydroxylation sites is 1. The molecule has 0 aliphatic carbocycles. The summed E-state index contributed by atoms with van der Waals surface area (Å²) in [4.78, 5) is 38.3. The van der Waals surface area contributed by atoms with Gasteiger partial charge in [-0.3, -0.25) is 14.5 Å². The molecular formula is C23H25ClN6O2. The summed E-state index contributed by atoms with van der Waals surface area (Å²) in [6, 6.07) is 13.8. The highest BCUT2D eigenvalue weighted by Gasteiger charge is 2.27. The van der Waals surface area contributed by atoms with Crippen molar-refractivity contribution in [1.82, 2.24) is 25.1 Å². The number of fused-ring (bicyclic) bond motifs is 1. The van der Waals surface area contributed by atoms with Crippen molar-refractivity contribution in [3.05, 3.63) is 64.9 Å². The predicted octanol–water partition coefficient (Wildman–Crippen LogP) is 2.33. The summed E-state index contributed by atoms with van der Waals surface area (Å²) in [5.41, 5.74) is 7.26. The summed E-state index contributed by atoms with van der Waals surface area (Å²) in [7, 11) is 0. The molecule has 9 heteroatoms. The minimum atomic E-state index is -0.644. The highest BCUT2D eigenvalue weighted by atomic mass is 35.5. The molecular weight excluding hydrogens is 428 g/mol. The number of nitrogens with two attached hydrogens (primary N) is 1. The molecule has 1 aromatic heterocycles. The Morgan fingerprint density at radius 2 is 1.75 bits per heavy atom. The summed E-state index contributed by atoms with van der Waals surface area (Å²) in [5.74, 6) is 0.668. The molecule has 166 valence electrons. The number of nitrogens with one attached hydrogen (secondary N) is 1. The van der Waals surface area contributed by atoms with Crippen LogP contribution in [0.5, 0.6) is 0 Å². The summed E-state index contributed by atoms with van der Waals surface area (Å²) in [5, 5.41) is 3.95. The lowest BCUT2D eigenvalue weighted by atomic mass is 10.2. The lowest BCUT2D eigenvalue weighted by Crippen LogP contribution is -2.54. The third-order valence-corrected chi connectivity index (χ3v) is 5.89. The van der Waals surface area contributed by atoms with Crippen molar-refractivity contribution in [2.45, 2.75) is 19.5 Å². The Morgan fingerprint density at radius 1 is 1.06 bits per heavy atom. The quantitative estimate of drug-likeness (QED) is 0.615. The summed E-state index contributed by atoms with van der Waals surface area (Å²) in [6.07, 6.45) is 0. The van der Waals surface area contributed by atoms with E-state index in [4.69, 9.17) is 17.3 Å². The number of benzene rings is 2. The Morgan fingerprint density at radius 3 is 2.50 bits per heavy atom. The molecule has 32 heavy (non-hydrogen) atoms. The highest BCUT2D eigenvalue weighted by Crippen LogP contribution is 2.18. The number of piperazine rings is 1. The van der Waals surface area contributed by atoms with Crippen LogP contribution in [-0.4, -0.2) is 63.8 Å². The van der Waals surface area contributed by atoms with E-state index in [1.54, 1.807) is 36.1 Å². The molecule has 3 N–H and O–H groups in total. The smallest absolute Gasteiger partial charge is 0.253 e. The molecule has 0 bridgehead atoms. The van der Waals surface area contributed by atoms with Crippen LogP contribution < -0.4 is 11.1 Å². The van der Waals surface area contributed by atoms with Crippen LogP contribution in [-0.2, 0) is 11.3 Å². The van der Waals surface area contributed by atoms with Crippen molar-refractivity contribution >= 4 is 40.1 Å². The third-order valence-electron chi connectivity index (χ3n) is 5.56. The number of halogens is 1. The molecule has 0 saturated carbocycles. The molecule has 3 aromatic rings. The molecule has 2 aromatic carbocycles. The first-order valence-electron chi connectivity index (χ1n) is 10.5. The van der Waals surface area contributed by atoms with Gasteiger partial charge in [0.05, 0.1) is 22.6 Å². The van der Waals surface area contributed by atoms with E-state index in [1.165, 1.54) is 0 Å². The number of hydrogen-bond donors (Lipinski definition) is 2. The third kappa shape index (κ3) is 4.81. The molecule has 2 heterocycles. The largest absolute Gasteiger partial charge is 0.383 e. The van der Waals surface area contributed by atoms with Gasteiger partial charge >= 0.3 is 0 Å². The molecule has 1 atom stereocenters. The highest BCUT2D eigenvalue weighted by molar-refractivity contribution is 6.33. The van der Waals surface area contributed by atoms with Crippen LogP contribution >= 0.6 is 11.6 Å². The van der Waals surface area contributed by atoms with Crippen LogP contribution in [0.2, 0.25) is 5.02 Å². The maximum Gasteiger partial charge on any atom is 0.253 e. The van der Waals surface area contributed by atoms with E-state index in [2.05, 4.69) is 20.2 Å². The van der Waals surface area contributed by atoms with E-state index in [9.17, 15) is 9.59 Å². The standard InChI is InChI=1S/C23H25ClN6O2/c1-15(26-22(31)16-6-2-4-8-18(16)24)23(32)30-12-10-29(11-13-30)14-20-27-19-9-5-3-7-17(19)21(25)28-20/h2-9,15H,10-14H2,1H3,(H,26,31)(H2,25,27,28). The van der Waals surface area contributed by atoms with Gasteiger partial charge < -0.3 is 16.0 Å². The molecule has 0 spiro atoms. The summed E-state index contributed by atoms with van der Waals surface area (Å²) in [6.45, 7) is 4.76. The maximum absolute atomic E-state index is 12.8. The van der Waals surface area contributed by atoms with E-state index in [0.29, 0.717) is 55.0 Å². The van der Waals surface area contributed by atoms with Crippen LogP contribution in [0.3, 0.4) is 0 Å². The molecule has 2 amide bonds. The molecule has 0 radical (unpaired) electrons. The van der Waals surface area contributed by atoms with Gasteiger partial charge in [-0.05, 0) is 31.2 Å². The maximum atomic E-state index is 12.8. The number of carbonyl (C=O) groups excluding carboxylic acids is 2. The number of nitrogen functional groups attached to an aromatic ring is 1. The van der Waals surface area contributed by atoms with Gasteiger partial charge in [-0.25, -0.2) is 9.97 Å². The zero-order valence-electron chi connectivity index (χ0n) is 17.8. The molecule has 1 aliphatic heterocycles. The van der Waals surface area contributed by atoms with Crippen molar-refractivity contribution in [1.29, 1.82) is 0 Å². The van der Waals surface area contributed by atoms with Crippen LogP contribution in [0.4, 0.5) is 5.82 Å². The van der Waals surface area contributed by atoms with Crippen LogP contribution in [0.15, 0.2) is 48.5 Å². The molecule has 8 nitrogen and oxygen atoms in total. The fraction of sp³-hybridized carbons (Fsp3) is 0.304. The van der Waals surface area contributed by atoms with E-state index in [1.807, 2.05) is 24.3 Å². The van der Waals surface area contributed by atoms with Gasteiger partial charge in [0.25, 0.3) is 5.91 Å². The zero-order valence-corrected chi connectivity index (χ0v) is 18.5. The van der Waals surface area contributed by atoms with Crippen molar-refractivity contribution < 1.29 is 9.59 Å². The number of rotatable bonds is 5. The first kappa shape index (κ1) is 22.0. The Hall–Kier alpha value is -3.23. The predicted molar refractivity (Wildman–Crippen MR) is 124 cm³/mol. The van der Waals surface area contributed by atoms with Crippen LogP contribution in [0.1, 0.15) is 23.1 Å². The van der Waals surface area contributed by atoms with Gasteiger partial charge in [0.2, 0.25) is 5.91 Å². The van der Waals surface area contributed by atoms with Gasteiger partial charge in [-0.2, -0.15) is 0 Å². The molecule has 1 unspecified atom stereocenters. The van der Waals surface area contributed by atoms with E-state index in [-0.39, 0.29) is 11.8 Å². The van der Waals surface area contributed by atoms with Crippen molar-refractivity contribution in [2.75, 3.05) is 31.9 Å². The Labute approximate surface area is 191 Å². The van der Waals surface area contributed by atoms with Crippen molar-refractivity contribution in [3.63, 3.8) is 0 Å². The van der Waals surface area contributed by atoms with Crippen molar-refractivity contribution in [3.8, 4) is 0 Å². The zero-order chi connectivity index (χ0) is 22.7. The number of carbonyl (C=O) groups is 2. The molecule has 4 rings (SSSR count). The Kier molecular flexibility index (Phi) is 6.53. The average Bonchev–Trinajstić information content (AvgIpc) is 2.79. The van der Waals surface area contributed by atoms with Gasteiger partial charge in [-0.1, -0.05) is 35.9 Å². The fourth-order valence-corrected chi connectivity index (χ4v) is 4.03. The Balaban J connectivity index is 1.32. The van der Waals surface area contributed by atoms with Crippen molar-refractivity contribution in [2.24, 2.45) is 0 Å². The first-order chi connectivity index (χ1) is 15.4. The lowest BCUT2D eigenvalue weighted by Gasteiger charge is -2.35. The minimum Gasteiger partial charge on any atom is -0.383 e. The average molecular weight is 453 g/mol. The van der Waals surface area contributed by atoms with Crippen LogP contribution in [0.25, 0.3) is 10.9 Å². The molecule has 1 saturated heterocycles. The van der Waals surface area contributed by atoms with E-state index < -0.39 is 6.04 Å². The molecule has 1 aliphatic rings. The number of aromatic nitrogens is 2. The summed E-state index contributed by atoms with van der Waals surface area (Å²) >= 11 is 6.08. The number of hydrogen-bond acceptors (Lipinski definition) is 6. The SMILES string of the molecule is CC(NC(=O)c1ccccc1Cl)C(=O)N1CCN(Cc2nc(N)c3ccccc3n2)CC1. The monoisotopic (exact) mass is 452 g/mol. The van der Waals surface area contributed by atoms with Gasteiger partial charge in [0.1, 0.15) is 17.7 Å². The van der Waals surface area contributed by atoms with Gasteiger partial charge in [0.15, 0.2) is 0 Å². The second-order valence-electron chi connectivity index (χ2n) is 7.82. The second-order valence-corrected chi connectivity index (χ2v) is 8.23. The summed E-state index contributed by atoms with van der Waals surface area (Å²) < 4.78 is 0. The van der Waals surface area contributed by atoms with E-state index in [0.717, 1.165) is 10.9 Å². The minimum absolute atomic E-state index is 0.115. The second kappa shape index (κ2) is 9.50. The number of amides is 2. The fourth-order valence-electron chi connectivity index (χ4n) is 3.80. The van der Waals surface area contributed by atoms with E-state index >= 15 is 0 Å². The molecule has 1 fully saturated rings. The lowest BCUT2D eigenvalue weighted by molar-refractivity contribution is -0.134. The normalized spacial score (nSPS) is 15.5. The number of anilines is 1. The number of nitrogens with zero attached hydrogens (tertiary/aromatic N) is 4. The van der Waals surface area contributed by atoms with Gasteiger partial charge in [-0.15, -0.1) is 0 Å². The Bertz CT molecular complexity index is 1150. The topological polar surface area (TPSA) is 104 Å². The first-order valence-corrected chi connectivity index (χ1v) is 10.9.